The van der Waals surface area contributed by atoms with E-state index in [4.69, 9.17) is 11.6 Å². The highest BCUT2D eigenvalue weighted by Crippen LogP contribution is 2.25. The fourth-order valence-corrected chi connectivity index (χ4v) is 3.37. The van der Waals surface area contributed by atoms with E-state index in [0.717, 1.165) is 42.0 Å². The maximum atomic E-state index is 5.90. The molecule has 2 N–H and O–H groups in total. The Morgan fingerprint density at radius 3 is 2.90 bits per heavy atom. The van der Waals surface area contributed by atoms with Crippen molar-refractivity contribution in [2.75, 3.05) is 18.4 Å². The van der Waals surface area contributed by atoms with Gasteiger partial charge in [-0.25, -0.2) is 15.0 Å². The molecule has 1 fully saturated rings. The smallest absolute Gasteiger partial charge is 0.189 e. The van der Waals surface area contributed by atoms with Crippen LogP contribution in [-0.2, 0) is 6.42 Å². The lowest BCUT2D eigenvalue weighted by atomic mass is 9.94. The van der Waals surface area contributed by atoms with Crippen LogP contribution in [0, 0.1) is 12.8 Å². The van der Waals surface area contributed by atoms with Gasteiger partial charge in [0.05, 0.1) is 6.20 Å². The largest absolute Gasteiger partial charge is 0.317 e. The van der Waals surface area contributed by atoms with Crippen LogP contribution in [0.25, 0.3) is 0 Å². The number of aryl methyl sites for hydroxylation is 1. The maximum absolute atomic E-state index is 5.90. The Morgan fingerprint density at radius 2 is 2.19 bits per heavy atom. The van der Waals surface area contributed by atoms with Crippen LogP contribution in [-0.4, -0.2) is 28.0 Å². The Kier molecular flexibility index (Phi) is 4.67. The monoisotopic (exact) mass is 323 g/mol. The van der Waals surface area contributed by atoms with E-state index in [0.29, 0.717) is 10.3 Å². The molecule has 0 aliphatic carbocycles. The van der Waals surface area contributed by atoms with Gasteiger partial charge in [-0.1, -0.05) is 22.9 Å². The van der Waals surface area contributed by atoms with Gasteiger partial charge < -0.3 is 10.6 Å². The third-order valence-corrected chi connectivity index (χ3v) is 4.57. The fourth-order valence-electron chi connectivity index (χ4n) is 2.55. The van der Waals surface area contributed by atoms with Crippen molar-refractivity contribution >= 4 is 33.9 Å². The van der Waals surface area contributed by atoms with E-state index >= 15 is 0 Å². The summed E-state index contributed by atoms with van der Waals surface area (Å²) in [5.74, 6) is 2.37. The van der Waals surface area contributed by atoms with Crippen LogP contribution in [0.3, 0.4) is 0 Å². The molecule has 2 aromatic rings. The van der Waals surface area contributed by atoms with Crippen molar-refractivity contribution in [2.45, 2.75) is 26.2 Å². The third kappa shape index (κ3) is 4.12. The predicted molar refractivity (Wildman–Crippen MR) is 86.5 cm³/mol. The second-order valence-corrected chi connectivity index (χ2v) is 6.96. The molecule has 1 aliphatic heterocycles. The van der Waals surface area contributed by atoms with E-state index in [2.05, 4.69) is 25.6 Å². The second-order valence-electron chi connectivity index (χ2n) is 5.30. The van der Waals surface area contributed by atoms with Gasteiger partial charge in [-0.3, -0.25) is 0 Å². The maximum Gasteiger partial charge on any atom is 0.189 e. The molecule has 0 atom stereocenters. The molecule has 0 unspecified atom stereocenters. The lowest BCUT2D eigenvalue weighted by Crippen LogP contribution is -2.29. The Balaban J connectivity index is 1.72. The highest BCUT2D eigenvalue weighted by Gasteiger charge is 2.15. The van der Waals surface area contributed by atoms with Crippen LogP contribution in [0.1, 0.15) is 24.4 Å². The first-order valence-corrected chi connectivity index (χ1v) is 8.32. The summed E-state index contributed by atoms with van der Waals surface area (Å²) in [4.78, 5) is 13.4. The number of hydrogen-bond acceptors (Lipinski definition) is 6. The quantitative estimate of drug-likeness (QED) is 0.904. The van der Waals surface area contributed by atoms with Gasteiger partial charge in [0, 0.05) is 18.2 Å². The van der Waals surface area contributed by atoms with E-state index in [1.165, 1.54) is 24.2 Å². The van der Waals surface area contributed by atoms with Crippen molar-refractivity contribution in [1.82, 2.24) is 20.3 Å². The number of aromatic nitrogens is 3. The van der Waals surface area contributed by atoms with Crippen molar-refractivity contribution in [1.29, 1.82) is 0 Å². The van der Waals surface area contributed by atoms with Gasteiger partial charge in [-0.05, 0) is 38.8 Å². The van der Waals surface area contributed by atoms with Crippen molar-refractivity contribution < 1.29 is 0 Å². The van der Waals surface area contributed by atoms with Gasteiger partial charge >= 0.3 is 0 Å². The normalized spacial score (nSPS) is 16.1. The van der Waals surface area contributed by atoms with Gasteiger partial charge in [0.2, 0.25) is 0 Å². The summed E-state index contributed by atoms with van der Waals surface area (Å²) in [5.41, 5.74) is 0.971. The van der Waals surface area contributed by atoms with Crippen molar-refractivity contribution in [3.05, 3.63) is 28.1 Å². The minimum Gasteiger partial charge on any atom is -0.317 e. The summed E-state index contributed by atoms with van der Waals surface area (Å²) in [6.45, 7) is 4.19. The molecule has 5 nitrogen and oxygen atoms in total. The molecule has 2 aromatic heterocycles. The summed E-state index contributed by atoms with van der Waals surface area (Å²) in [5, 5.41) is 7.34. The van der Waals surface area contributed by atoms with Crippen molar-refractivity contribution in [3.8, 4) is 0 Å². The summed E-state index contributed by atoms with van der Waals surface area (Å²) >= 11 is 7.30. The number of thiazole rings is 1. The zero-order valence-corrected chi connectivity index (χ0v) is 13.5. The van der Waals surface area contributed by atoms with Gasteiger partial charge in [0.1, 0.15) is 16.0 Å². The van der Waals surface area contributed by atoms with Gasteiger partial charge in [0.15, 0.2) is 5.13 Å². The molecule has 0 radical (unpaired) electrons. The summed E-state index contributed by atoms with van der Waals surface area (Å²) in [7, 11) is 0. The SMILES string of the molecule is Cc1cc(Nc2ncc(Cl)s2)nc(CC2CCNCC2)n1. The summed E-state index contributed by atoms with van der Waals surface area (Å²) in [6.07, 6.45) is 4.97. The predicted octanol–water partition coefficient (Wildman–Crippen LogP) is 3.18. The second kappa shape index (κ2) is 6.68. The number of halogens is 1. The Labute approximate surface area is 133 Å². The first-order chi connectivity index (χ1) is 10.2. The Morgan fingerprint density at radius 1 is 1.38 bits per heavy atom. The lowest BCUT2D eigenvalue weighted by molar-refractivity contribution is 0.367. The summed E-state index contributed by atoms with van der Waals surface area (Å²) in [6, 6.07) is 1.93. The van der Waals surface area contributed by atoms with Crippen LogP contribution in [0.5, 0.6) is 0 Å². The van der Waals surface area contributed by atoms with Crippen LogP contribution >= 0.6 is 22.9 Å². The van der Waals surface area contributed by atoms with E-state index in [9.17, 15) is 0 Å². The Hall–Kier alpha value is -1.24. The molecule has 3 rings (SSSR count). The van der Waals surface area contributed by atoms with E-state index < -0.39 is 0 Å². The van der Waals surface area contributed by atoms with E-state index in [1.807, 2.05) is 13.0 Å². The molecule has 21 heavy (non-hydrogen) atoms. The minimum atomic E-state index is 0.665. The van der Waals surface area contributed by atoms with E-state index in [-0.39, 0.29) is 0 Å². The Bertz CT molecular complexity index is 609. The average molecular weight is 324 g/mol. The molecule has 0 saturated carbocycles. The molecular formula is C14H18ClN5S. The standard InChI is InChI=1S/C14H18ClN5S/c1-9-6-12(20-14-17-8-11(15)21-14)19-13(18-9)7-10-2-4-16-5-3-10/h6,8,10,16H,2-5,7H2,1H3,(H,17,18,19,20). The van der Waals surface area contributed by atoms with Gasteiger partial charge in [-0.15, -0.1) is 0 Å². The molecule has 1 aliphatic rings. The van der Waals surface area contributed by atoms with Crippen LogP contribution in [0.2, 0.25) is 4.34 Å². The average Bonchev–Trinajstić information content (AvgIpc) is 2.84. The molecule has 112 valence electrons. The number of hydrogen-bond donors (Lipinski definition) is 2. The van der Waals surface area contributed by atoms with Crippen molar-refractivity contribution in [2.24, 2.45) is 5.92 Å². The molecule has 0 amide bonds. The van der Waals surface area contributed by atoms with Gasteiger partial charge in [-0.2, -0.15) is 0 Å². The molecule has 0 aromatic carbocycles. The highest BCUT2D eigenvalue weighted by atomic mass is 35.5. The number of nitrogens with one attached hydrogen (secondary N) is 2. The molecule has 7 heteroatoms. The topological polar surface area (TPSA) is 62.7 Å². The summed E-state index contributed by atoms with van der Waals surface area (Å²) < 4.78 is 0.665. The zero-order chi connectivity index (χ0) is 14.7. The molecule has 1 saturated heterocycles. The lowest BCUT2D eigenvalue weighted by Gasteiger charge is -2.22. The molecule has 0 bridgehead atoms. The number of piperidine rings is 1. The van der Waals surface area contributed by atoms with Crippen molar-refractivity contribution in [3.63, 3.8) is 0 Å². The molecule has 0 spiro atoms. The molecular weight excluding hydrogens is 306 g/mol. The minimum absolute atomic E-state index is 0.665. The highest BCUT2D eigenvalue weighted by molar-refractivity contribution is 7.19. The van der Waals surface area contributed by atoms with E-state index in [1.54, 1.807) is 6.20 Å². The number of nitrogens with zero attached hydrogens (tertiary/aromatic N) is 3. The van der Waals surface area contributed by atoms with Crippen LogP contribution < -0.4 is 10.6 Å². The first kappa shape index (κ1) is 14.7. The zero-order valence-electron chi connectivity index (χ0n) is 11.9. The molecule has 3 heterocycles. The van der Waals surface area contributed by atoms with Gasteiger partial charge in [0.25, 0.3) is 0 Å². The van der Waals surface area contributed by atoms with Crippen LogP contribution in [0.15, 0.2) is 12.3 Å². The van der Waals surface area contributed by atoms with Crippen LogP contribution in [0.4, 0.5) is 10.9 Å². The number of rotatable bonds is 4. The number of anilines is 2. The third-order valence-electron chi connectivity index (χ3n) is 3.54. The first-order valence-electron chi connectivity index (χ1n) is 7.12. The fraction of sp³-hybridized carbons (Fsp3) is 0.500.